The molecule has 133 heavy (non-hydrogen) atoms. The molecule has 0 radical (unpaired) electrons. The maximum Gasteiger partial charge on any atom is 0.274 e. The summed E-state index contributed by atoms with van der Waals surface area (Å²) in [4.78, 5) is 84.2. The summed E-state index contributed by atoms with van der Waals surface area (Å²) in [5.74, 6) is 3.52. The molecule has 2 atom stereocenters. The van der Waals surface area contributed by atoms with E-state index in [1.165, 1.54) is 38.5 Å². The third kappa shape index (κ3) is 32.0. The Morgan fingerprint density at radius 3 is 0.729 bits per heavy atom. The van der Waals surface area contributed by atoms with E-state index in [4.69, 9.17) is 27.1 Å². The number of carbonyl (C=O) groups excluding carboxylic acids is 6. The molecule has 6 aromatic heterocycles. The number of amides is 6. The van der Waals surface area contributed by atoms with Crippen LogP contribution in [0, 0.1) is 31.6 Å². The number of aryl methyl sites for hydroxylation is 6. The molecule has 0 saturated heterocycles. The SMILES string of the molecule is CCCCCC(CC)(CC)C(C)(C)NC(=O)c1cc(CC)on1.CCCCCC(CC)(CC)C(C)(C)NC(=O)c1noc(CC)c1C.CCCCN(C)C(C)(CC)C(C)(C)NC(=O)c1cc(CC)on1.CCCCN(C)C(C)(CC)C(C)(C)NC(=O)c1noc(CC)c1C.CCc1cc(C(=O)NC(C)(C)C(C)(C)N(C)C)no1.CCc1onc(C(=O)NC(C)(C)C(C)(C)N(C)C)c1C. The van der Waals surface area contributed by atoms with Gasteiger partial charge in [-0.25, -0.2) is 0 Å². The van der Waals surface area contributed by atoms with Crippen LogP contribution in [0.4, 0.5) is 0 Å². The molecule has 0 aliphatic heterocycles. The number of nitrogens with one attached hydrogen (secondary N) is 6. The molecule has 0 spiro atoms. The van der Waals surface area contributed by atoms with Gasteiger partial charge in [-0.3, -0.25) is 38.6 Å². The second-order valence-electron chi connectivity index (χ2n) is 41.5. The Morgan fingerprint density at radius 1 is 0.286 bits per heavy atom. The lowest BCUT2D eigenvalue weighted by atomic mass is 9.64. The molecule has 2 unspecified atom stereocenters. The van der Waals surface area contributed by atoms with Crippen LogP contribution in [0.25, 0.3) is 0 Å². The Balaban J connectivity index is 0.000000799. The molecule has 0 saturated carbocycles. The maximum absolute atomic E-state index is 12.8. The molecular formula is C105H190N16O12. The van der Waals surface area contributed by atoms with Crippen LogP contribution in [-0.2, 0) is 38.5 Å². The Morgan fingerprint density at radius 2 is 0.519 bits per heavy atom. The molecule has 0 fully saturated rings. The molecule has 0 aliphatic rings. The molecule has 6 amide bonds. The van der Waals surface area contributed by atoms with Crippen molar-refractivity contribution in [2.24, 2.45) is 10.8 Å². The van der Waals surface area contributed by atoms with Crippen molar-refractivity contribution >= 4 is 35.4 Å². The first-order chi connectivity index (χ1) is 61.6. The van der Waals surface area contributed by atoms with Crippen LogP contribution in [0.15, 0.2) is 45.3 Å². The summed E-state index contributed by atoms with van der Waals surface area (Å²) in [6.07, 6.45) is 24.8. The van der Waals surface area contributed by atoms with Crippen LogP contribution in [0.5, 0.6) is 0 Å². The van der Waals surface area contributed by atoms with Gasteiger partial charge in [0.2, 0.25) is 0 Å². The van der Waals surface area contributed by atoms with Crippen molar-refractivity contribution in [1.82, 2.24) is 82.4 Å². The topological polar surface area (TPSA) is 344 Å². The third-order valence-electron chi connectivity index (χ3n) is 31.3. The number of carbonyl (C=O) groups is 6. The average Bonchev–Trinajstić information content (AvgIpc) is 1.73. The lowest BCUT2D eigenvalue weighted by Crippen LogP contribution is -2.66. The van der Waals surface area contributed by atoms with Gasteiger partial charge in [0.1, 0.15) is 34.6 Å². The van der Waals surface area contributed by atoms with Crippen molar-refractivity contribution in [3.8, 4) is 0 Å². The molecule has 6 rings (SSSR count). The molecule has 28 nitrogen and oxygen atoms in total. The smallest absolute Gasteiger partial charge is 0.274 e. The first kappa shape index (κ1) is 123. The molecule has 762 valence electrons. The summed E-state index contributed by atoms with van der Waals surface area (Å²) in [6, 6.07) is 5.14. The fraction of sp³-hybridized carbons (Fsp3) is 0.771. The van der Waals surface area contributed by atoms with Crippen LogP contribution in [0.2, 0.25) is 0 Å². The minimum absolute atomic E-state index is 0.100. The first-order valence-electron chi connectivity index (χ1n) is 50.1. The zero-order valence-corrected chi connectivity index (χ0v) is 92.0. The number of hydrogen-bond donors (Lipinski definition) is 6. The van der Waals surface area contributed by atoms with E-state index >= 15 is 0 Å². The number of unbranched alkanes of at least 4 members (excludes halogenated alkanes) is 6. The highest BCUT2D eigenvalue weighted by atomic mass is 16.5. The van der Waals surface area contributed by atoms with Crippen LogP contribution in [0.1, 0.15) is 465 Å². The zero-order chi connectivity index (χ0) is 103. The number of likely N-dealkylation sites (N-methyl/N-ethyl adjacent to an activating group) is 4. The van der Waals surface area contributed by atoms with E-state index in [9.17, 15) is 28.8 Å². The van der Waals surface area contributed by atoms with Crippen LogP contribution in [0.3, 0.4) is 0 Å². The highest BCUT2D eigenvalue weighted by molar-refractivity contribution is 5.96. The van der Waals surface area contributed by atoms with Gasteiger partial charge in [0, 0.05) is 107 Å². The second-order valence-corrected chi connectivity index (χ2v) is 41.5. The zero-order valence-electron chi connectivity index (χ0n) is 92.0. The molecule has 6 aromatic rings. The Bertz CT molecular complexity index is 4290. The summed E-state index contributed by atoms with van der Waals surface area (Å²) >= 11 is 0. The fourth-order valence-corrected chi connectivity index (χ4v) is 17.2. The van der Waals surface area contributed by atoms with Crippen molar-refractivity contribution in [3.05, 3.63) is 104 Å². The lowest BCUT2D eigenvalue weighted by Gasteiger charge is -2.50. The molecule has 6 N–H and O–H groups in total. The van der Waals surface area contributed by atoms with Gasteiger partial charge in [-0.05, 0) is 276 Å². The average molecular weight is 1870 g/mol. The van der Waals surface area contributed by atoms with Crippen LogP contribution < -0.4 is 31.9 Å². The minimum atomic E-state index is -0.411. The van der Waals surface area contributed by atoms with Gasteiger partial charge in [-0.2, -0.15) is 0 Å². The number of hydrogen-bond acceptors (Lipinski definition) is 22. The van der Waals surface area contributed by atoms with Gasteiger partial charge >= 0.3 is 0 Å². The minimum Gasteiger partial charge on any atom is -0.361 e. The van der Waals surface area contributed by atoms with E-state index in [1.54, 1.807) is 18.2 Å². The van der Waals surface area contributed by atoms with Crippen molar-refractivity contribution < 1.29 is 55.9 Å². The standard InChI is InChI=1S/C20H36N2O2.C19H35N3O2.C19H34N2O2.C18H33N3O2.C15H27N3O2.C14H25N3O2/c1-8-12-13-14-20(10-3,11-4)19(6,7)21-18(23)17-15(5)16(9-2)24-22-17;1-9-12-13-22(8)19(7,11-3)18(5,6)20-17(23)16-14(4)15(10-2)24-21-16;1-7-11-12-13-19(9-3,10-4)18(5,6)20-17(22)16-14-15(8-2)23-21-16;1-8-11-12-21(7)18(6,10-3)17(4,5)19-16(22)15-13-14(9-2)23-20-15;1-9-11-10(2)12(17-20-11)13(19)16-14(3,4)15(5,6)18(7)8;1-8-10-9-11(16-19-10)12(18)15-13(2,3)14(4,5)17(6)7/h8-14H2,1-7H3,(H,21,23);9-13H2,1-8H3,(H,20,23);14H,7-13H2,1-6H3,(H,20,22);13H,8-12H2,1-7H3,(H,19,22);9H2,1-8H3,(H,16,19);9H,8H2,1-7H3,(H,15,18). The highest BCUT2D eigenvalue weighted by Crippen LogP contribution is 2.45. The largest absolute Gasteiger partial charge is 0.361 e. The summed E-state index contributed by atoms with van der Waals surface area (Å²) in [6.45, 7) is 79.5. The number of aromatic nitrogens is 6. The van der Waals surface area contributed by atoms with Gasteiger partial charge in [0.25, 0.3) is 35.4 Å². The van der Waals surface area contributed by atoms with E-state index in [0.29, 0.717) is 34.2 Å². The van der Waals surface area contributed by atoms with Crippen molar-refractivity contribution in [2.75, 3.05) is 55.4 Å². The van der Waals surface area contributed by atoms with E-state index < -0.39 is 22.2 Å². The molecule has 0 bridgehead atoms. The number of nitrogens with zero attached hydrogens (tertiary/aromatic N) is 10. The van der Waals surface area contributed by atoms with E-state index in [1.807, 2.05) is 118 Å². The summed E-state index contributed by atoms with van der Waals surface area (Å²) in [7, 11) is 12.3. The van der Waals surface area contributed by atoms with Crippen LogP contribution in [-0.4, -0.2) is 197 Å². The highest BCUT2D eigenvalue weighted by Gasteiger charge is 2.49. The summed E-state index contributed by atoms with van der Waals surface area (Å²) in [5.41, 5.74) is 2.11. The normalized spacial score (nSPS) is 13.4. The number of rotatable bonds is 48. The van der Waals surface area contributed by atoms with E-state index in [-0.39, 0.29) is 79.5 Å². The van der Waals surface area contributed by atoms with Crippen molar-refractivity contribution in [3.63, 3.8) is 0 Å². The first-order valence-corrected chi connectivity index (χ1v) is 50.1. The molecular weight excluding hydrogens is 1680 g/mol. The van der Waals surface area contributed by atoms with Gasteiger partial charge in [-0.1, -0.05) is 193 Å². The van der Waals surface area contributed by atoms with Crippen LogP contribution >= 0.6 is 0 Å². The molecule has 0 aromatic carbocycles. The quantitative estimate of drug-likeness (QED) is 0.0193. The Hall–Kier alpha value is -8.08. The van der Waals surface area contributed by atoms with Gasteiger partial charge in [0.05, 0.1) is 22.2 Å². The Labute approximate surface area is 805 Å². The summed E-state index contributed by atoms with van der Waals surface area (Å²) in [5, 5.41) is 42.4. The summed E-state index contributed by atoms with van der Waals surface area (Å²) < 4.78 is 31.1. The van der Waals surface area contributed by atoms with Gasteiger partial charge in [-0.15, -0.1) is 0 Å². The predicted octanol–water partition coefficient (Wildman–Crippen LogP) is 22.7. The van der Waals surface area contributed by atoms with Gasteiger partial charge < -0.3 is 68.8 Å². The monoisotopic (exact) mass is 1870 g/mol. The molecule has 6 heterocycles. The second kappa shape index (κ2) is 54.2. The Kier molecular flexibility index (Phi) is 50.1. The van der Waals surface area contributed by atoms with Crippen molar-refractivity contribution in [1.29, 1.82) is 0 Å². The predicted molar refractivity (Wildman–Crippen MR) is 541 cm³/mol. The fourth-order valence-electron chi connectivity index (χ4n) is 17.2. The van der Waals surface area contributed by atoms with Crippen molar-refractivity contribution in [2.45, 2.75) is 466 Å². The maximum atomic E-state index is 12.8. The lowest BCUT2D eigenvalue weighted by molar-refractivity contribution is 0.0365. The van der Waals surface area contributed by atoms with Gasteiger partial charge in [0.15, 0.2) is 34.2 Å². The molecule has 28 heteroatoms. The van der Waals surface area contributed by atoms with E-state index in [0.717, 1.165) is 180 Å². The third-order valence-corrected chi connectivity index (χ3v) is 31.3. The molecule has 0 aliphatic carbocycles. The van der Waals surface area contributed by atoms with E-state index in [2.05, 4.69) is 263 Å².